The predicted octanol–water partition coefficient (Wildman–Crippen LogP) is 2.90. The number of nitrogens with zero attached hydrogens (tertiary/aromatic N) is 3. The van der Waals surface area contributed by atoms with Gasteiger partial charge < -0.3 is 15.4 Å². The molecule has 1 aliphatic heterocycles. The number of hydrogen-bond donors (Lipinski definition) is 1. The second kappa shape index (κ2) is 7.00. The average molecular weight is 348 g/mol. The van der Waals surface area contributed by atoms with Crippen LogP contribution in [-0.2, 0) is 0 Å². The third-order valence-electron chi connectivity index (χ3n) is 4.68. The number of carbonyl (C=O) groups excluding carboxylic acids is 1. The summed E-state index contributed by atoms with van der Waals surface area (Å²) in [6.45, 7) is 1.23. The van der Waals surface area contributed by atoms with Crippen molar-refractivity contribution in [1.82, 2.24) is 15.1 Å². The molecule has 0 unspecified atom stereocenters. The number of fused-ring (bicyclic) bond motifs is 1. The molecule has 132 valence electrons. The molecule has 1 aliphatic rings. The summed E-state index contributed by atoms with van der Waals surface area (Å²) in [5, 5.41) is 8.95. The quantitative estimate of drug-likeness (QED) is 0.787. The van der Waals surface area contributed by atoms with E-state index >= 15 is 0 Å². The van der Waals surface area contributed by atoms with Crippen LogP contribution in [0.3, 0.4) is 0 Å². The largest absolute Gasteiger partial charge is 0.490 e. The number of carbonyl (C=O) groups is 1. The Morgan fingerprint density at radius 3 is 2.46 bits per heavy atom. The monoisotopic (exact) mass is 348 g/mol. The highest BCUT2D eigenvalue weighted by Gasteiger charge is 2.27. The van der Waals surface area contributed by atoms with E-state index < -0.39 is 0 Å². The maximum Gasteiger partial charge on any atom is 0.276 e. The highest BCUT2D eigenvalue weighted by atomic mass is 16.5. The van der Waals surface area contributed by atoms with E-state index in [1.165, 1.54) is 0 Å². The zero-order chi connectivity index (χ0) is 17.9. The smallest absolute Gasteiger partial charge is 0.276 e. The summed E-state index contributed by atoms with van der Waals surface area (Å²) in [7, 11) is 0. The van der Waals surface area contributed by atoms with Crippen LogP contribution in [0, 0.1) is 0 Å². The molecule has 6 nitrogen and oxygen atoms in total. The minimum atomic E-state index is -0.168. The Morgan fingerprint density at radius 1 is 1.00 bits per heavy atom. The minimum Gasteiger partial charge on any atom is -0.490 e. The van der Waals surface area contributed by atoms with E-state index in [0.29, 0.717) is 24.3 Å². The predicted molar refractivity (Wildman–Crippen MR) is 99.9 cm³/mol. The summed E-state index contributed by atoms with van der Waals surface area (Å²) < 4.78 is 5.98. The molecule has 1 fully saturated rings. The van der Waals surface area contributed by atoms with Gasteiger partial charge in [-0.15, -0.1) is 10.2 Å². The Bertz CT molecular complexity index is 922. The van der Waals surface area contributed by atoms with Crippen LogP contribution in [0.4, 0.5) is 5.69 Å². The Hall–Kier alpha value is -3.15. The number of ether oxygens (including phenoxy) is 1. The molecule has 0 bridgehead atoms. The van der Waals surface area contributed by atoms with Crippen molar-refractivity contribution in [2.24, 2.45) is 0 Å². The van der Waals surface area contributed by atoms with E-state index in [-0.39, 0.29) is 17.7 Å². The Morgan fingerprint density at radius 2 is 1.69 bits per heavy atom. The lowest BCUT2D eigenvalue weighted by atomic mass is 10.1. The molecule has 1 aromatic heterocycles. The van der Waals surface area contributed by atoms with Gasteiger partial charge >= 0.3 is 0 Å². The van der Waals surface area contributed by atoms with Gasteiger partial charge in [-0.3, -0.25) is 4.79 Å². The maximum absolute atomic E-state index is 12.8. The van der Waals surface area contributed by atoms with Gasteiger partial charge in [-0.2, -0.15) is 0 Å². The van der Waals surface area contributed by atoms with Crippen LogP contribution in [-0.4, -0.2) is 40.2 Å². The fraction of sp³-hybridized carbons (Fsp3) is 0.250. The molecule has 26 heavy (non-hydrogen) atoms. The summed E-state index contributed by atoms with van der Waals surface area (Å²) in [6.07, 6.45) is 1.67. The lowest BCUT2D eigenvalue weighted by Crippen LogP contribution is -2.42. The second-order valence-corrected chi connectivity index (χ2v) is 6.40. The van der Waals surface area contributed by atoms with Gasteiger partial charge in [0.1, 0.15) is 11.9 Å². The first-order chi connectivity index (χ1) is 12.7. The molecule has 0 radical (unpaired) electrons. The third kappa shape index (κ3) is 3.18. The van der Waals surface area contributed by atoms with Crippen LogP contribution in [0.15, 0.2) is 54.6 Å². The van der Waals surface area contributed by atoms with Gasteiger partial charge in [0.25, 0.3) is 5.91 Å². The van der Waals surface area contributed by atoms with Crippen molar-refractivity contribution in [3.05, 3.63) is 60.3 Å². The lowest BCUT2D eigenvalue weighted by Gasteiger charge is -2.32. The molecule has 4 rings (SSSR count). The number of para-hydroxylation sites is 1. The highest BCUT2D eigenvalue weighted by Crippen LogP contribution is 2.24. The van der Waals surface area contributed by atoms with E-state index in [2.05, 4.69) is 10.2 Å². The molecule has 0 atom stereocenters. The number of anilines is 1. The van der Waals surface area contributed by atoms with Crippen molar-refractivity contribution in [3.63, 3.8) is 0 Å². The van der Waals surface area contributed by atoms with Crippen LogP contribution in [0.25, 0.3) is 10.9 Å². The topological polar surface area (TPSA) is 81.3 Å². The average Bonchev–Trinajstić information content (AvgIpc) is 2.69. The summed E-state index contributed by atoms with van der Waals surface area (Å²) >= 11 is 0. The Labute approximate surface area is 151 Å². The Balaban J connectivity index is 1.44. The van der Waals surface area contributed by atoms with Gasteiger partial charge in [-0.05, 0) is 18.2 Å². The number of rotatable bonds is 3. The summed E-state index contributed by atoms with van der Waals surface area (Å²) in [5.74, 6) is 0.695. The maximum atomic E-state index is 12.8. The van der Waals surface area contributed by atoms with Gasteiger partial charge in [0.2, 0.25) is 0 Å². The molecule has 2 aromatic carbocycles. The van der Waals surface area contributed by atoms with E-state index in [1.54, 1.807) is 4.90 Å². The van der Waals surface area contributed by atoms with Crippen molar-refractivity contribution < 1.29 is 9.53 Å². The van der Waals surface area contributed by atoms with Gasteiger partial charge in [-0.1, -0.05) is 36.4 Å². The molecule has 2 heterocycles. The van der Waals surface area contributed by atoms with Crippen LogP contribution in [0.5, 0.6) is 5.75 Å². The summed E-state index contributed by atoms with van der Waals surface area (Å²) in [6, 6.07) is 17.2. The molecule has 0 spiro atoms. The molecule has 2 N–H and O–H groups in total. The molecule has 1 amide bonds. The number of likely N-dealkylation sites (tertiary alicyclic amines) is 1. The number of benzene rings is 2. The first-order valence-electron chi connectivity index (χ1n) is 8.74. The fourth-order valence-electron chi connectivity index (χ4n) is 3.25. The zero-order valence-electron chi connectivity index (χ0n) is 14.3. The SMILES string of the molecule is Nc1c(C(=O)N2CCC(Oc3ccccc3)CC2)nnc2ccccc12. The molecule has 0 aliphatic carbocycles. The number of nitrogens with two attached hydrogens (primary N) is 1. The lowest BCUT2D eigenvalue weighted by molar-refractivity contribution is 0.0590. The van der Waals surface area contributed by atoms with Crippen LogP contribution >= 0.6 is 0 Å². The minimum absolute atomic E-state index is 0.112. The molecular formula is C20H20N4O2. The van der Waals surface area contributed by atoms with Gasteiger partial charge in [0, 0.05) is 31.3 Å². The van der Waals surface area contributed by atoms with Crippen molar-refractivity contribution in [1.29, 1.82) is 0 Å². The van der Waals surface area contributed by atoms with Crippen molar-refractivity contribution in [2.75, 3.05) is 18.8 Å². The van der Waals surface area contributed by atoms with E-state index in [0.717, 1.165) is 24.0 Å². The zero-order valence-corrected chi connectivity index (χ0v) is 14.3. The van der Waals surface area contributed by atoms with Crippen LogP contribution < -0.4 is 10.5 Å². The molecule has 1 saturated heterocycles. The van der Waals surface area contributed by atoms with Gasteiger partial charge in [0.15, 0.2) is 5.69 Å². The van der Waals surface area contributed by atoms with Crippen LogP contribution in [0.2, 0.25) is 0 Å². The molecule has 0 saturated carbocycles. The standard InChI is InChI=1S/C20H20N4O2/c21-18-16-8-4-5-9-17(16)22-23-19(18)20(25)24-12-10-15(11-13-24)26-14-6-2-1-3-7-14/h1-9,15H,10-13H2,(H2,21,22). The van der Waals surface area contributed by atoms with E-state index in [9.17, 15) is 4.79 Å². The van der Waals surface area contributed by atoms with Crippen molar-refractivity contribution in [2.45, 2.75) is 18.9 Å². The summed E-state index contributed by atoms with van der Waals surface area (Å²) in [4.78, 5) is 14.6. The number of nitrogen functional groups attached to an aromatic ring is 1. The fourth-order valence-corrected chi connectivity index (χ4v) is 3.25. The second-order valence-electron chi connectivity index (χ2n) is 6.40. The number of hydrogen-bond acceptors (Lipinski definition) is 5. The van der Waals surface area contributed by atoms with Gasteiger partial charge in [-0.25, -0.2) is 0 Å². The molecular weight excluding hydrogens is 328 g/mol. The highest BCUT2D eigenvalue weighted by molar-refractivity contribution is 6.04. The van der Waals surface area contributed by atoms with Gasteiger partial charge in [0.05, 0.1) is 11.2 Å². The molecule has 3 aromatic rings. The number of amides is 1. The molecule has 6 heteroatoms. The third-order valence-corrected chi connectivity index (χ3v) is 4.68. The van der Waals surface area contributed by atoms with E-state index in [1.807, 2.05) is 54.6 Å². The van der Waals surface area contributed by atoms with Crippen LogP contribution in [0.1, 0.15) is 23.3 Å². The summed E-state index contributed by atoms with van der Waals surface area (Å²) in [5.41, 5.74) is 7.49. The van der Waals surface area contributed by atoms with Crippen molar-refractivity contribution >= 4 is 22.5 Å². The number of aromatic nitrogens is 2. The van der Waals surface area contributed by atoms with Crippen molar-refractivity contribution in [3.8, 4) is 5.75 Å². The van der Waals surface area contributed by atoms with E-state index in [4.69, 9.17) is 10.5 Å². The number of piperidine rings is 1. The Kier molecular flexibility index (Phi) is 4.39. The normalized spacial score (nSPS) is 15.2. The first-order valence-corrected chi connectivity index (χ1v) is 8.74. The first kappa shape index (κ1) is 16.3.